The lowest BCUT2D eigenvalue weighted by molar-refractivity contribution is -0.135. The van der Waals surface area contributed by atoms with E-state index < -0.39 is 5.97 Å². The minimum absolute atomic E-state index is 0.124. The first kappa shape index (κ1) is 12.3. The van der Waals surface area contributed by atoms with Crippen LogP contribution < -0.4 is 4.90 Å². The number of carbonyl (C=O) groups is 1. The van der Waals surface area contributed by atoms with E-state index in [0.29, 0.717) is 19.0 Å². The average molecular weight is 250 g/mol. The highest BCUT2D eigenvalue weighted by molar-refractivity contribution is 5.77. The van der Waals surface area contributed by atoms with E-state index in [1.54, 1.807) is 41.2 Å². The van der Waals surface area contributed by atoms with Crippen LogP contribution in [0.2, 0.25) is 0 Å². The molecular formula is C11H14N4O3. The summed E-state index contributed by atoms with van der Waals surface area (Å²) in [6, 6.07) is 1.80. The van der Waals surface area contributed by atoms with Crippen molar-refractivity contribution in [2.24, 2.45) is 0 Å². The van der Waals surface area contributed by atoms with Crippen molar-refractivity contribution >= 4 is 17.3 Å². The highest BCUT2D eigenvalue weighted by atomic mass is 16.5. The molecule has 2 aromatic rings. The second-order valence-electron chi connectivity index (χ2n) is 3.72. The van der Waals surface area contributed by atoms with Crippen molar-refractivity contribution < 1.29 is 14.6 Å². The Bertz CT molecular complexity index is 540. The maximum Gasteiger partial charge on any atom is 0.323 e. The molecule has 0 fully saturated rings. The van der Waals surface area contributed by atoms with Crippen molar-refractivity contribution in [2.75, 3.05) is 31.7 Å². The lowest BCUT2D eigenvalue weighted by Crippen LogP contribution is -2.33. The third-order valence-corrected chi connectivity index (χ3v) is 2.50. The van der Waals surface area contributed by atoms with Gasteiger partial charge in [-0.25, -0.2) is 9.50 Å². The van der Waals surface area contributed by atoms with Gasteiger partial charge in [0.05, 0.1) is 12.8 Å². The fourth-order valence-corrected chi connectivity index (χ4v) is 1.71. The highest BCUT2D eigenvalue weighted by Gasteiger charge is 2.15. The number of carboxylic acids is 1. The van der Waals surface area contributed by atoms with Crippen LogP contribution in [-0.2, 0) is 9.53 Å². The standard InChI is InChI=1S/C11H14N4O3/c1-18-7-6-14(8-10(16)17)11-9-2-3-13-15(9)5-4-12-11/h2-5H,6-8H2,1H3,(H,16,17). The Morgan fingerprint density at radius 1 is 1.56 bits per heavy atom. The summed E-state index contributed by atoms with van der Waals surface area (Å²) < 4.78 is 6.64. The van der Waals surface area contributed by atoms with Gasteiger partial charge >= 0.3 is 5.97 Å². The Morgan fingerprint density at radius 3 is 3.11 bits per heavy atom. The Hall–Kier alpha value is -2.15. The Balaban J connectivity index is 2.33. The molecule has 0 aliphatic rings. The summed E-state index contributed by atoms with van der Waals surface area (Å²) >= 11 is 0. The number of fused-ring (bicyclic) bond motifs is 1. The van der Waals surface area contributed by atoms with Gasteiger partial charge in [-0.2, -0.15) is 5.10 Å². The summed E-state index contributed by atoms with van der Waals surface area (Å²) in [7, 11) is 1.58. The zero-order chi connectivity index (χ0) is 13.0. The van der Waals surface area contributed by atoms with Gasteiger partial charge in [-0.1, -0.05) is 0 Å². The molecule has 2 heterocycles. The Morgan fingerprint density at radius 2 is 2.39 bits per heavy atom. The predicted molar refractivity (Wildman–Crippen MR) is 64.7 cm³/mol. The quantitative estimate of drug-likeness (QED) is 0.792. The predicted octanol–water partition coefficient (Wildman–Crippen LogP) is 0.267. The number of hydrogen-bond donors (Lipinski definition) is 1. The van der Waals surface area contributed by atoms with Gasteiger partial charge in [-0.15, -0.1) is 0 Å². The molecule has 0 radical (unpaired) electrons. The lowest BCUT2D eigenvalue weighted by atomic mass is 10.4. The second-order valence-corrected chi connectivity index (χ2v) is 3.72. The molecule has 2 aromatic heterocycles. The molecule has 0 unspecified atom stereocenters. The van der Waals surface area contributed by atoms with Gasteiger partial charge in [0.2, 0.25) is 0 Å². The molecule has 2 rings (SSSR count). The van der Waals surface area contributed by atoms with Gasteiger partial charge < -0.3 is 14.7 Å². The highest BCUT2D eigenvalue weighted by Crippen LogP contribution is 2.17. The summed E-state index contributed by atoms with van der Waals surface area (Å²) in [5.74, 6) is -0.316. The zero-order valence-corrected chi connectivity index (χ0v) is 9.98. The van der Waals surface area contributed by atoms with Crippen molar-refractivity contribution in [3.05, 3.63) is 24.7 Å². The molecule has 0 spiro atoms. The third kappa shape index (κ3) is 2.57. The van der Waals surface area contributed by atoms with Crippen molar-refractivity contribution in [1.82, 2.24) is 14.6 Å². The zero-order valence-electron chi connectivity index (χ0n) is 9.98. The molecule has 0 amide bonds. The van der Waals surface area contributed by atoms with Crippen molar-refractivity contribution in [3.63, 3.8) is 0 Å². The maximum atomic E-state index is 10.9. The number of anilines is 1. The normalized spacial score (nSPS) is 10.7. The summed E-state index contributed by atoms with van der Waals surface area (Å²) in [4.78, 5) is 16.8. The molecule has 96 valence electrons. The average Bonchev–Trinajstić information content (AvgIpc) is 2.82. The lowest BCUT2D eigenvalue weighted by Gasteiger charge is -2.21. The molecule has 7 heteroatoms. The summed E-state index contributed by atoms with van der Waals surface area (Å²) in [6.45, 7) is 0.770. The number of rotatable bonds is 6. The molecule has 18 heavy (non-hydrogen) atoms. The first-order chi connectivity index (χ1) is 8.72. The van der Waals surface area contributed by atoms with Crippen molar-refractivity contribution in [3.8, 4) is 0 Å². The van der Waals surface area contributed by atoms with Gasteiger partial charge in [0.15, 0.2) is 5.82 Å². The number of aromatic nitrogens is 3. The first-order valence-corrected chi connectivity index (χ1v) is 5.46. The van der Waals surface area contributed by atoms with Crippen LogP contribution in [0.25, 0.3) is 5.52 Å². The molecule has 7 nitrogen and oxygen atoms in total. The van der Waals surface area contributed by atoms with Crippen LogP contribution in [0.15, 0.2) is 24.7 Å². The fraction of sp³-hybridized carbons (Fsp3) is 0.364. The molecule has 0 saturated carbocycles. The van der Waals surface area contributed by atoms with Crippen LogP contribution in [0.3, 0.4) is 0 Å². The number of methoxy groups -OCH3 is 1. The molecule has 0 saturated heterocycles. The molecule has 0 aliphatic carbocycles. The van der Waals surface area contributed by atoms with Crippen LogP contribution in [0, 0.1) is 0 Å². The SMILES string of the molecule is COCCN(CC(=O)O)c1nccn2nccc12. The van der Waals surface area contributed by atoms with Crippen molar-refractivity contribution in [1.29, 1.82) is 0 Å². The van der Waals surface area contributed by atoms with E-state index in [-0.39, 0.29) is 6.54 Å². The first-order valence-electron chi connectivity index (χ1n) is 5.46. The summed E-state index contributed by atoms with van der Waals surface area (Å²) in [6.07, 6.45) is 4.96. The van der Waals surface area contributed by atoms with E-state index in [2.05, 4.69) is 10.1 Å². The summed E-state index contributed by atoms with van der Waals surface area (Å²) in [5.41, 5.74) is 0.773. The van der Waals surface area contributed by atoms with E-state index in [1.165, 1.54) is 0 Å². The topological polar surface area (TPSA) is 80.0 Å². The van der Waals surface area contributed by atoms with Crippen molar-refractivity contribution in [2.45, 2.75) is 0 Å². The van der Waals surface area contributed by atoms with Crippen LogP contribution >= 0.6 is 0 Å². The van der Waals surface area contributed by atoms with Gasteiger partial charge in [0.1, 0.15) is 12.1 Å². The Labute approximate surface area is 104 Å². The van der Waals surface area contributed by atoms with E-state index in [1.807, 2.05) is 0 Å². The van der Waals surface area contributed by atoms with Crippen LogP contribution in [0.4, 0.5) is 5.82 Å². The molecule has 0 aliphatic heterocycles. The molecule has 0 aromatic carbocycles. The monoisotopic (exact) mass is 250 g/mol. The fourth-order valence-electron chi connectivity index (χ4n) is 1.71. The minimum atomic E-state index is -0.908. The van der Waals surface area contributed by atoms with Gasteiger partial charge in [0.25, 0.3) is 0 Å². The molecule has 0 bridgehead atoms. The van der Waals surface area contributed by atoms with E-state index >= 15 is 0 Å². The number of ether oxygens (including phenoxy) is 1. The maximum absolute atomic E-state index is 10.9. The number of carboxylic acid groups (broad SMARTS) is 1. The molecule has 1 N–H and O–H groups in total. The van der Waals surface area contributed by atoms with Crippen LogP contribution in [-0.4, -0.2) is 52.5 Å². The van der Waals surface area contributed by atoms with Crippen LogP contribution in [0.5, 0.6) is 0 Å². The Kier molecular flexibility index (Phi) is 3.73. The third-order valence-electron chi connectivity index (χ3n) is 2.50. The smallest absolute Gasteiger partial charge is 0.323 e. The number of aliphatic carboxylic acids is 1. The molecule has 0 atom stereocenters. The largest absolute Gasteiger partial charge is 0.480 e. The number of hydrogen-bond acceptors (Lipinski definition) is 5. The van der Waals surface area contributed by atoms with E-state index in [4.69, 9.17) is 9.84 Å². The second kappa shape index (κ2) is 5.46. The summed E-state index contributed by atoms with van der Waals surface area (Å²) in [5, 5.41) is 13.0. The number of nitrogens with zero attached hydrogens (tertiary/aromatic N) is 4. The van der Waals surface area contributed by atoms with Gasteiger partial charge in [0, 0.05) is 26.0 Å². The van der Waals surface area contributed by atoms with E-state index in [9.17, 15) is 4.79 Å². The van der Waals surface area contributed by atoms with Gasteiger partial charge in [-0.05, 0) is 6.07 Å². The van der Waals surface area contributed by atoms with Crippen LogP contribution in [0.1, 0.15) is 0 Å². The van der Waals surface area contributed by atoms with E-state index in [0.717, 1.165) is 5.52 Å². The minimum Gasteiger partial charge on any atom is -0.480 e. The molecular weight excluding hydrogens is 236 g/mol. The van der Waals surface area contributed by atoms with Gasteiger partial charge in [-0.3, -0.25) is 4.79 Å².